The maximum Gasteiger partial charge on any atom is 0.339 e. The Bertz CT molecular complexity index is 489. The van der Waals surface area contributed by atoms with Crippen molar-refractivity contribution in [1.82, 2.24) is 5.32 Å². The molecule has 3 N–H and O–H groups in total. The summed E-state index contributed by atoms with van der Waals surface area (Å²) in [7, 11) is 0. The zero-order chi connectivity index (χ0) is 15.1. The Morgan fingerprint density at radius 2 is 2.05 bits per heavy atom. The number of hydrogen-bond donors (Lipinski definition) is 3. The highest BCUT2D eigenvalue weighted by atomic mass is 35.5. The number of benzene rings is 1. The van der Waals surface area contributed by atoms with Crippen LogP contribution < -0.4 is 10.6 Å². The number of carbonyl (C=O) groups is 2. The van der Waals surface area contributed by atoms with E-state index in [0.717, 1.165) is 12.8 Å². The van der Waals surface area contributed by atoms with E-state index in [2.05, 4.69) is 24.5 Å². The Hall–Kier alpha value is -1.75. The van der Waals surface area contributed by atoms with Crippen LogP contribution in [0.25, 0.3) is 0 Å². The van der Waals surface area contributed by atoms with Gasteiger partial charge in [0.25, 0.3) is 0 Å². The summed E-state index contributed by atoms with van der Waals surface area (Å²) in [6, 6.07) is 4.13. The second-order valence-electron chi connectivity index (χ2n) is 4.88. The quantitative estimate of drug-likeness (QED) is 0.702. The first-order valence-electron chi connectivity index (χ1n) is 6.48. The molecule has 0 bridgehead atoms. The Kier molecular flexibility index (Phi) is 6.31. The first-order valence-corrected chi connectivity index (χ1v) is 6.86. The Balaban J connectivity index is 2.58. The van der Waals surface area contributed by atoms with E-state index in [-0.39, 0.29) is 16.3 Å². The molecule has 0 heterocycles. The van der Waals surface area contributed by atoms with Crippen molar-refractivity contribution in [2.75, 3.05) is 11.9 Å². The first-order chi connectivity index (χ1) is 9.41. The second-order valence-corrected chi connectivity index (χ2v) is 5.29. The SMILES string of the molecule is CC(C)CCCNC(=O)Nc1cccc(Cl)c1C(=O)O. The largest absolute Gasteiger partial charge is 0.478 e. The molecule has 0 aliphatic rings. The number of aromatic carboxylic acids is 1. The van der Waals surface area contributed by atoms with Gasteiger partial charge in [-0.05, 0) is 30.9 Å². The number of rotatable bonds is 6. The molecule has 0 aliphatic heterocycles. The van der Waals surface area contributed by atoms with Crippen LogP contribution in [0.1, 0.15) is 37.0 Å². The van der Waals surface area contributed by atoms with Crippen molar-refractivity contribution in [2.45, 2.75) is 26.7 Å². The monoisotopic (exact) mass is 298 g/mol. The summed E-state index contributed by atoms with van der Waals surface area (Å²) < 4.78 is 0. The number of anilines is 1. The second kappa shape index (κ2) is 7.75. The van der Waals surface area contributed by atoms with Crippen LogP contribution in [-0.4, -0.2) is 23.7 Å². The molecule has 0 saturated heterocycles. The highest BCUT2D eigenvalue weighted by molar-refractivity contribution is 6.34. The molecule has 0 saturated carbocycles. The third-order valence-corrected chi connectivity index (χ3v) is 3.03. The van der Waals surface area contributed by atoms with Crippen molar-refractivity contribution >= 4 is 29.3 Å². The molecule has 2 amide bonds. The number of halogens is 1. The minimum Gasteiger partial charge on any atom is -0.478 e. The standard InChI is InChI=1S/C14H19ClN2O3/c1-9(2)5-4-8-16-14(20)17-11-7-3-6-10(15)12(11)13(18)19/h3,6-7,9H,4-5,8H2,1-2H3,(H,18,19)(H2,16,17,20). The molecule has 1 rings (SSSR count). The molecule has 0 radical (unpaired) electrons. The smallest absolute Gasteiger partial charge is 0.339 e. The van der Waals surface area contributed by atoms with Crippen LogP contribution in [-0.2, 0) is 0 Å². The fourth-order valence-corrected chi connectivity index (χ4v) is 1.98. The van der Waals surface area contributed by atoms with Gasteiger partial charge in [-0.1, -0.05) is 31.5 Å². The maximum atomic E-state index is 11.7. The Labute approximate surface area is 123 Å². The zero-order valence-corrected chi connectivity index (χ0v) is 12.3. The van der Waals surface area contributed by atoms with Crippen LogP contribution in [0.15, 0.2) is 18.2 Å². The van der Waals surface area contributed by atoms with Gasteiger partial charge in [-0.2, -0.15) is 0 Å². The van der Waals surface area contributed by atoms with Gasteiger partial charge in [-0.25, -0.2) is 9.59 Å². The molecule has 0 aromatic heterocycles. The molecule has 6 heteroatoms. The van der Waals surface area contributed by atoms with E-state index in [1.807, 2.05) is 0 Å². The van der Waals surface area contributed by atoms with Gasteiger partial charge in [0.15, 0.2) is 0 Å². The van der Waals surface area contributed by atoms with E-state index in [4.69, 9.17) is 16.7 Å². The average Bonchev–Trinajstić information content (AvgIpc) is 2.34. The fraction of sp³-hybridized carbons (Fsp3) is 0.429. The molecule has 110 valence electrons. The Morgan fingerprint density at radius 1 is 1.35 bits per heavy atom. The van der Waals surface area contributed by atoms with Gasteiger partial charge in [-0.15, -0.1) is 0 Å². The number of amides is 2. The molecule has 0 spiro atoms. The fourth-order valence-electron chi connectivity index (χ4n) is 1.72. The van der Waals surface area contributed by atoms with Gasteiger partial charge < -0.3 is 15.7 Å². The summed E-state index contributed by atoms with van der Waals surface area (Å²) in [6.07, 6.45) is 1.91. The molecular weight excluding hydrogens is 280 g/mol. The lowest BCUT2D eigenvalue weighted by atomic mass is 10.1. The van der Waals surface area contributed by atoms with Crippen molar-refractivity contribution in [2.24, 2.45) is 5.92 Å². The van der Waals surface area contributed by atoms with Crippen LogP contribution in [0.4, 0.5) is 10.5 Å². The third-order valence-electron chi connectivity index (χ3n) is 2.72. The molecule has 20 heavy (non-hydrogen) atoms. The molecule has 5 nitrogen and oxygen atoms in total. The topological polar surface area (TPSA) is 78.4 Å². The summed E-state index contributed by atoms with van der Waals surface area (Å²) in [5.41, 5.74) is 0.0813. The van der Waals surface area contributed by atoms with E-state index in [9.17, 15) is 9.59 Å². The van der Waals surface area contributed by atoms with Gasteiger partial charge in [0.05, 0.1) is 10.7 Å². The van der Waals surface area contributed by atoms with Crippen LogP contribution in [0.2, 0.25) is 5.02 Å². The normalized spacial score (nSPS) is 10.4. The van der Waals surface area contributed by atoms with Gasteiger partial charge in [0, 0.05) is 6.54 Å². The van der Waals surface area contributed by atoms with Crippen LogP contribution in [0.3, 0.4) is 0 Å². The van der Waals surface area contributed by atoms with Crippen LogP contribution in [0, 0.1) is 5.92 Å². The number of hydrogen-bond acceptors (Lipinski definition) is 2. The minimum absolute atomic E-state index is 0.0927. The van der Waals surface area contributed by atoms with Gasteiger partial charge in [-0.3, -0.25) is 0 Å². The molecule has 0 aliphatic carbocycles. The van der Waals surface area contributed by atoms with Crippen molar-refractivity contribution in [3.05, 3.63) is 28.8 Å². The van der Waals surface area contributed by atoms with Crippen LogP contribution >= 0.6 is 11.6 Å². The summed E-state index contributed by atoms with van der Waals surface area (Å²) in [5, 5.41) is 14.4. The van der Waals surface area contributed by atoms with Crippen molar-refractivity contribution in [3.63, 3.8) is 0 Å². The Morgan fingerprint density at radius 3 is 2.65 bits per heavy atom. The van der Waals surface area contributed by atoms with E-state index in [0.29, 0.717) is 12.5 Å². The van der Waals surface area contributed by atoms with Gasteiger partial charge in [0.1, 0.15) is 5.56 Å². The summed E-state index contributed by atoms with van der Waals surface area (Å²) in [4.78, 5) is 22.8. The summed E-state index contributed by atoms with van der Waals surface area (Å²) in [5.74, 6) is -0.586. The molecular formula is C14H19ClN2O3. The van der Waals surface area contributed by atoms with E-state index in [1.54, 1.807) is 6.07 Å². The number of nitrogens with one attached hydrogen (secondary N) is 2. The van der Waals surface area contributed by atoms with E-state index >= 15 is 0 Å². The number of carboxylic acid groups (broad SMARTS) is 1. The molecule has 0 fully saturated rings. The van der Waals surface area contributed by atoms with Gasteiger partial charge >= 0.3 is 12.0 Å². The number of urea groups is 1. The van der Waals surface area contributed by atoms with Crippen molar-refractivity contribution in [1.29, 1.82) is 0 Å². The van der Waals surface area contributed by atoms with E-state index in [1.165, 1.54) is 12.1 Å². The maximum absolute atomic E-state index is 11.7. The first kappa shape index (κ1) is 16.3. The lowest BCUT2D eigenvalue weighted by molar-refractivity contribution is 0.0698. The minimum atomic E-state index is -1.18. The van der Waals surface area contributed by atoms with Gasteiger partial charge in [0.2, 0.25) is 0 Å². The summed E-state index contributed by atoms with van der Waals surface area (Å²) in [6.45, 7) is 4.78. The summed E-state index contributed by atoms with van der Waals surface area (Å²) >= 11 is 5.82. The predicted octanol–water partition coefficient (Wildman–Crippen LogP) is 3.60. The zero-order valence-electron chi connectivity index (χ0n) is 11.6. The average molecular weight is 299 g/mol. The molecule has 1 aromatic carbocycles. The number of carbonyl (C=O) groups excluding carboxylic acids is 1. The number of carboxylic acids is 1. The third kappa shape index (κ3) is 5.09. The lowest BCUT2D eigenvalue weighted by Gasteiger charge is -2.11. The molecule has 0 unspecified atom stereocenters. The molecule has 0 atom stereocenters. The van der Waals surface area contributed by atoms with Crippen LogP contribution in [0.5, 0.6) is 0 Å². The molecule has 1 aromatic rings. The van der Waals surface area contributed by atoms with Crippen molar-refractivity contribution in [3.8, 4) is 0 Å². The highest BCUT2D eigenvalue weighted by Gasteiger charge is 2.15. The van der Waals surface area contributed by atoms with Crippen molar-refractivity contribution < 1.29 is 14.7 Å². The predicted molar refractivity (Wildman–Crippen MR) is 79.5 cm³/mol. The highest BCUT2D eigenvalue weighted by Crippen LogP contribution is 2.24. The van der Waals surface area contributed by atoms with E-state index < -0.39 is 12.0 Å². The lowest BCUT2D eigenvalue weighted by Crippen LogP contribution is -2.30.